The Morgan fingerprint density at radius 2 is 1.81 bits per heavy atom. The number of aromatic nitrogens is 2. The van der Waals surface area contributed by atoms with Gasteiger partial charge >= 0.3 is 0 Å². The van der Waals surface area contributed by atoms with Gasteiger partial charge in [0.05, 0.1) is 24.2 Å². The summed E-state index contributed by atoms with van der Waals surface area (Å²) in [5.41, 5.74) is 2.15. The smallest absolute Gasteiger partial charge is 0.282 e. The summed E-state index contributed by atoms with van der Waals surface area (Å²) < 4.78 is 14.8. The third-order valence-electron chi connectivity index (χ3n) is 7.74. The number of hydrogen-bond donors (Lipinski definition) is 0. The minimum Gasteiger partial charge on any atom is -0.493 e. The monoisotopic (exact) mass is 707 g/mol. The van der Waals surface area contributed by atoms with Gasteiger partial charge < -0.3 is 9.47 Å². The second kappa shape index (κ2) is 12.6. The molecule has 0 bridgehead atoms. The number of fused-ring (bicyclic) bond motifs is 2. The second-order valence-electron chi connectivity index (χ2n) is 10.4. The average molecular weight is 710 g/mol. The van der Waals surface area contributed by atoms with Gasteiger partial charge in [0.2, 0.25) is 0 Å². The van der Waals surface area contributed by atoms with Crippen LogP contribution in [0.4, 0.5) is 0 Å². The van der Waals surface area contributed by atoms with E-state index < -0.39 is 0 Å². The topological polar surface area (TPSA) is 65.7 Å². The van der Waals surface area contributed by atoms with E-state index in [1.54, 1.807) is 25.5 Å². The molecule has 1 aromatic heterocycles. The van der Waals surface area contributed by atoms with E-state index in [-0.39, 0.29) is 11.5 Å². The van der Waals surface area contributed by atoms with E-state index in [4.69, 9.17) is 26.1 Å². The van der Waals surface area contributed by atoms with Gasteiger partial charge in [-0.15, -0.1) is 0 Å². The number of benzene rings is 4. The molecule has 4 aromatic carbocycles. The molecule has 0 radical (unpaired) electrons. The quantitative estimate of drug-likeness (QED) is 0.158. The van der Waals surface area contributed by atoms with Crippen molar-refractivity contribution >= 4 is 71.4 Å². The van der Waals surface area contributed by atoms with Gasteiger partial charge in [-0.2, -0.15) is 9.78 Å². The van der Waals surface area contributed by atoms with Crippen molar-refractivity contribution in [3.63, 3.8) is 0 Å². The molecule has 1 fully saturated rings. The molecule has 6 nitrogen and oxygen atoms in total. The second-order valence-corrected chi connectivity index (χ2v) is 12.5. The molecular formula is C33H28Br2ClN3O3. The van der Waals surface area contributed by atoms with Crippen LogP contribution in [0.25, 0.3) is 21.7 Å². The maximum absolute atomic E-state index is 13.7. The first-order chi connectivity index (χ1) is 20.4. The van der Waals surface area contributed by atoms with Crippen LogP contribution in [0.5, 0.6) is 11.5 Å². The molecular weight excluding hydrogens is 682 g/mol. The molecule has 1 saturated carbocycles. The molecule has 0 unspecified atom stereocenters. The van der Waals surface area contributed by atoms with E-state index in [9.17, 15) is 4.79 Å². The first-order valence-electron chi connectivity index (χ1n) is 13.9. The minimum atomic E-state index is -0.206. The zero-order valence-electron chi connectivity index (χ0n) is 22.9. The number of halogens is 3. The Balaban J connectivity index is 1.37. The fraction of sp³-hybridized carbons (Fsp3) is 0.242. The zero-order valence-corrected chi connectivity index (χ0v) is 26.9. The van der Waals surface area contributed by atoms with Crippen molar-refractivity contribution in [1.82, 2.24) is 9.66 Å². The molecule has 1 aliphatic carbocycles. The molecule has 0 aliphatic heterocycles. The van der Waals surface area contributed by atoms with Crippen LogP contribution >= 0.6 is 43.5 Å². The molecule has 42 heavy (non-hydrogen) atoms. The highest BCUT2D eigenvalue weighted by Crippen LogP contribution is 2.43. The summed E-state index contributed by atoms with van der Waals surface area (Å²) in [6.45, 7) is 0.315. The highest BCUT2D eigenvalue weighted by Gasteiger charge is 2.23. The Hall–Kier alpha value is -3.20. The Morgan fingerprint density at radius 3 is 2.62 bits per heavy atom. The van der Waals surface area contributed by atoms with Crippen LogP contribution in [-0.4, -0.2) is 23.0 Å². The minimum absolute atomic E-state index is 0.169. The van der Waals surface area contributed by atoms with Crippen molar-refractivity contribution in [3.05, 3.63) is 108 Å². The SMILES string of the molecule is COc1cc(C=Nn2c(C3CCCCC3)nc3ccc(Br)cc3c2=O)c(Br)c(Cl)c1OCc1cccc2ccccc12. The van der Waals surface area contributed by atoms with E-state index in [0.29, 0.717) is 49.9 Å². The third-order valence-corrected chi connectivity index (χ3v) is 9.68. The summed E-state index contributed by atoms with van der Waals surface area (Å²) in [5, 5.41) is 7.81. The molecule has 5 aromatic rings. The van der Waals surface area contributed by atoms with Crippen LogP contribution in [0.3, 0.4) is 0 Å². The Bertz CT molecular complexity index is 1880. The van der Waals surface area contributed by atoms with Crippen molar-refractivity contribution in [1.29, 1.82) is 0 Å². The fourth-order valence-corrected chi connectivity index (χ4v) is 6.59. The number of hydrogen-bond acceptors (Lipinski definition) is 5. The fourth-order valence-electron chi connectivity index (χ4n) is 5.58. The Kier molecular flexibility index (Phi) is 8.65. The molecule has 9 heteroatoms. The van der Waals surface area contributed by atoms with Gasteiger partial charge in [-0.3, -0.25) is 4.79 Å². The van der Waals surface area contributed by atoms with E-state index >= 15 is 0 Å². The molecule has 0 spiro atoms. The molecule has 0 amide bonds. The van der Waals surface area contributed by atoms with Crippen molar-refractivity contribution in [2.24, 2.45) is 5.10 Å². The van der Waals surface area contributed by atoms with Gasteiger partial charge in [-0.05, 0) is 69.4 Å². The van der Waals surface area contributed by atoms with Gasteiger partial charge in [0.15, 0.2) is 11.5 Å². The molecule has 0 N–H and O–H groups in total. The number of nitrogens with zero attached hydrogens (tertiary/aromatic N) is 3. The normalized spacial score (nSPS) is 14.2. The van der Waals surface area contributed by atoms with Crippen LogP contribution in [0, 0.1) is 0 Å². The van der Waals surface area contributed by atoms with Gasteiger partial charge in [-0.1, -0.05) is 89.3 Å². The maximum atomic E-state index is 13.7. The first kappa shape index (κ1) is 28.9. The van der Waals surface area contributed by atoms with Crippen molar-refractivity contribution in [3.8, 4) is 11.5 Å². The van der Waals surface area contributed by atoms with Crippen LogP contribution < -0.4 is 15.0 Å². The molecule has 0 atom stereocenters. The van der Waals surface area contributed by atoms with E-state index in [1.807, 2.05) is 36.4 Å². The van der Waals surface area contributed by atoms with E-state index in [1.165, 1.54) is 11.1 Å². The summed E-state index contributed by atoms with van der Waals surface area (Å²) >= 11 is 13.9. The molecule has 1 aliphatic rings. The Morgan fingerprint density at radius 1 is 1.02 bits per heavy atom. The van der Waals surface area contributed by atoms with Crippen LogP contribution in [0.2, 0.25) is 5.02 Å². The maximum Gasteiger partial charge on any atom is 0.282 e. The predicted octanol–water partition coefficient (Wildman–Crippen LogP) is 9.25. The van der Waals surface area contributed by atoms with Crippen LogP contribution in [-0.2, 0) is 6.61 Å². The van der Waals surface area contributed by atoms with Crippen LogP contribution in [0.1, 0.15) is 55.0 Å². The van der Waals surface area contributed by atoms with Gasteiger partial charge in [-0.25, -0.2) is 4.98 Å². The molecule has 214 valence electrons. The lowest BCUT2D eigenvalue weighted by atomic mass is 9.88. The highest BCUT2D eigenvalue weighted by atomic mass is 79.9. The predicted molar refractivity (Wildman–Crippen MR) is 177 cm³/mol. The summed E-state index contributed by atoms with van der Waals surface area (Å²) in [5.74, 6) is 1.75. The van der Waals surface area contributed by atoms with Crippen LogP contribution in [0.15, 0.2) is 85.6 Å². The number of methoxy groups -OCH3 is 1. The highest BCUT2D eigenvalue weighted by molar-refractivity contribution is 9.10. The summed E-state index contributed by atoms with van der Waals surface area (Å²) in [6, 6.07) is 21.7. The van der Waals surface area contributed by atoms with Gasteiger partial charge in [0.25, 0.3) is 5.56 Å². The van der Waals surface area contributed by atoms with E-state index in [0.717, 1.165) is 46.5 Å². The lowest BCUT2D eigenvalue weighted by molar-refractivity contribution is 0.285. The lowest BCUT2D eigenvalue weighted by Crippen LogP contribution is -2.25. The van der Waals surface area contributed by atoms with E-state index in [2.05, 4.69) is 55.2 Å². The molecule has 1 heterocycles. The zero-order chi connectivity index (χ0) is 29.2. The van der Waals surface area contributed by atoms with Crippen molar-refractivity contribution in [2.75, 3.05) is 7.11 Å². The Labute approximate surface area is 265 Å². The third kappa shape index (κ3) is 5.72. The van der Waals surface area contributed by atoms with Gasteiger partial charge in [0, 0.05) is 20.4 Å². The molecule has 0 saturated heterocycles. The summed E-state index contributed by atoms with van der Waals surface area (Å²) in [6.07, 6.45) is 7.01. The van der Waals surface area contributed by atoms with Crippen molar-refractivity contribution < 1.29 is 9.47 Å². The number of ether oxygens (including phenoxy) is 2. The number of rotatable bonds is 7. The average Bonchev–Trinajstić information content (AvgIpc) is 3.02. The summed E-state index contributed by atoms with van der Waals surface area (Å²) in [4.78, 5) is 18.6. The largest absolute Gasteiger partial charge is 0.493 e. The van der Waals surface area contributed by atoms with Gasteiger partial charge in [0.1, 0.15) is 17.5 Å². The molecule has 6 rings (SSSR count). The summed E-state index contributed by atoms with van der Waals surface area (Å²) in [7, 11) is 1.57. The first-order valence-corrected chi connectivity index (χ1v) is 15.8. The lowest BCUT2D eigenvalue weighted by Gasteiger charge is -2.22. The standard InChI is InChI=1S/C33H28Br2ClN3O3/c1-41-28-16-23(29(35)30(36)31(28)42-19-22-12-7-11-20-8-5-6-13-25(20)22)18-37-39-32(21-9-3-2-4-10-21)38-27-15-14-24(34)17-26(27)33(39)40/h5-8,11-18,21H,2-4,9-10,19H2,1H3. The van der Waals surface area contributed by atoms with Crippen molar-refractivity contribution in [2.45, 2.75) is 44.6 Å².